The molecule has 2 spiro atoms. The van der Waals surface area contributed by atoms with Crippen molar-refractivity contribution < 1.29 is 37.3 Å². The van der Waals surface area contributed by atoms with E-state index in [2.05, 4.69) is 32.3 Å². The van der Waals surface area contributed by atoms with Crippen LogP contribution < -0.4 is 20.5 Å². The van der Waals surface area contributed by atoms with Crippen LogP contribution in [0.25, 0.3) is 16.7 Å². The molecule has 1 aromatic heterocycles. The van der Waals surface area contributed by atoms with Crippen LogP contribution in [0.1, 0.15) is 39.8 Å². The summed E-state index contributed by atoms with van der Waals surface area (Å²) in [7, 11) is 0. The van der Waals surface area contributed by atoms with E-state index in [4.69, 9.17) is 34.4 Å². The zero-order valence-corrected chi connectivity index (χ0v) is 31.8. The zero-order chi connectivity index (χ0) is 38.6. The molecule has 56 heavy (non-hydrogen) atoms. The summed E-state index contributed by atoms with van der Waals surface area (Å²) < 4.78 is 59.3. The minimum atomic E-state index is -1.02. The first kappa shape index (κ1) is 36.2. The van der Waals surface area contributed by atoms with Crippen molar-refractivity contribution >= 4 is 33.2 Å². The average molecular weight is 822 g/mol. The molecule has 5 aromatic rings. The summed E-state index contributed by atoms with van der Waals surface area (Å²) in [5, 5.41) is 2.99. The van der Waals surface area contributed by atoms with Crippen molar-refractivity contribution in [1.82, 2.24) is 10.3 Å². The third-order valence-electron chi connectivity index (χ3n) is 10.5. The number of benzene rings is 4. The Kier molecular flexibility index (Phi) is 9.20. The predicted octanol–water partition coefficient (Wildman–Crippen LogP) is 7.82. The second-order valence-corrected chi connectivity index (χ2v) is 15.1. The van der Waals surface area contributed by atoms with Gasteiger partial charge in [0.1, 0.15) is 41.6 Å². The number of morpholine rings is 1. The van der Waals surface area contributed by atoms with Crippen LogP contribution in [0.15, 0.2) is 101 Å². The molecule has 0 bridgehead atoms. The van der Waals surface area contributed by atoms with Crippen LogP contribution >= 0.6 is 15.9 Å². The van der Waals surface area contributed by atoms with Crippen molar-refractivity contribution in [1.29, 1.82) is 0 Å². The second kappa shape index (κ2) is 14.2. The van der Waals surface area contributed by atoms with Crippen molar-refractivity contribution in [3.05, 3.63) is 141 Å². The lowest BCUT2D eigenvalue weighted by Crippen LogP contribution is -2.56. The summed E-state index contributed by atoms with van der Waals surface area (Å²) in [5.41, 5.74) is 11.5. The first-order chi connectivity index (χ1) is 27.1. The lowest BCUT2D eigenvalue weighted by atomic mass is 9.78. The number of hydrogen-bond donors (Lipinski definition) is 2. The highest BCUT2D eigenvalue weighted by molar-refractivity contribution is 9.10. The Bertz CT molecular complexity index is 2480. The molecule has 13 heteroatoms. The molecule has 10 nitrogen and oxygen atoms in total. The van der Waals surface area contributed by atoms with Crippen molar-refractivity contribution in [2.75, 3.05) is 39.6 Å². The van der Waals surface area contributed by atoms with Gasteiger partial charge in [-0.05, 0) is 84.6 Å². The quantitative estimate of drug-likeness (QED) is 0.185. The molecule has 5 aliphatic heterocycles. The van der Waals surface area contributed by atoms with Gasteiger partial charge in [-0.15, -0.1) is 0 Å². The Hall–Kier alpha value is -5.47. The number of aliphatic imine (C=N–C) groups is 1. The summed E-state index contributed by atoms with van der Waals surface area (Å²) in [6.07, 6.45) is 6.41. The van der Waals surface area contributed by atoms with Crippen molar-refractivity contribution in [2.24, 2.45) is 10.7 Å². The highest BCUT2D eigenvalue weighted by Gasteiger charge is 2.48. The van der Waals surface area contributed by atoms with Gasteiger partial charge >= 0.3 is 0 Å². The number of fused-ring (bicyclic) bond motifs is 8. The molecule has 284 valence electrons. The number of halogens is 3. The molecule has 6 heterocycles. The van der Waals surface area contributed by atoms with E-state index in [1.807, 2.05) is 55.5 Å². The number of ether oxygens (including phenoxy) is 5. The number of nitrogens with one attached hydrogen (secondary N) is 1. The minimum Gasteiger partial charge on any atom is -0.453 e. The molecule has 0 unspecified atom stereocenters. The zero-order valence-electron chi connectivity index (χ0n) is 30.2. The number of aromatic nitrogens is 1. The largest absolute Gasteiger partial charge is 0.453 e. The first-order valence-electron chi connectivity index (χ1n) is 18.1. The number of carbonyl (C=O) groups excluding carboxylic acids is 1. The maximum absolute atomic E-state index is 15.4. The van der Waals surface area contributed by atoms with Gasteiger partial charge in [0.05, 0.1) is 26.4 Å². The molecule has 2 atom stereocenters. The van der Waals surface area contributed by atoms with Crippen molar-refractivity contribution in [3.63, 3.8) is 0 Å². The fourth-order valence-corrected chi connectivity index (χ4v) is 8.38. The predicted molar refractivity (Wildman–Crippen MR) is 208 cm³/mol. The molecule has 4 aromatic carbocycles. The maximum atomic E-state index is 15.4. The van der Waals surface area contributed by atoms with Crippen LogP contribution in [0.2, 0.25) is 0 Å². The molecule has 5 aliphatic rings. The number of carbonyl (C=O) groups is 1. The Balaban J connectivity index is 0.000000156. The number of nitrogens with two attached hydrogens (primary N) is 1. The summed E-state index contributed by atoms with van der Waals surface area (Å²) in [5.74, 6) is 0.513. The number of aryl methyl sites for hydroxylation is 1. The van der Waals surface area contributed by atoms with Gasteiger partial charge in [0.15, 0.2) is 23.1 Å². The number of amidine groups is 1. The van der Waals surface area contributed by atoms with E-state index < -0.39 is 22.7 Å². The Morgan fingerprint density at radius 2 is 1.55 bits per heavy atom. The summed E-state index contributed by atoms with van der Waals surface area (Å²) in [6, 6.07) is 21.8. The number of amides is 1. The van der Waals surface area contributed by atoms with Crippen LogP contribution in [0.3, 0.4) is 0 Å². The number of rotatable bonds is 2. The topological polar surface area (TPSA) is 127 Å². The molecule has 0 radical (unpaired) electrons. The van der Waals surface area contributed by atoms with Gasteiger partial charge < -0.3 is 34.7 Å². The van der Waals surface area contributed by atoms with Gasteiger partial charge in [0.2, 0.25) is 5.91 Å². The van der Waals surface area contributed by atoms with Gasteiger partial charge in [0.25, 0.3) is 0 Å². The molecule has 1 amide bonds. The average Bonchev–Trinajstić information content (AvgIpc) is 3.20. The standard InChI is InChI=1S/C26H22FN3O3.C17H13BrFNO3/c27-22-11-19(18-4-2-8-31-13-18)10-21-25(22)33-23-6-5-16(17-3-1-7-29-12-17)9-20(23)26(21)15-32-14-24(28)30-26;1-9-2-3-14-11(4-9)17(8-22-7-15(21)20-17)12-5-10(18)6-13(19)16(12)23-14/h1,3-7,9-12H,2,8,13-15H2,(H2,28,30);2-6H,7-8H2,1H3,(H,20,21)/t26-;17-/m00/s1. The third kappa shape index (κ3) is 6.24. The molecule has 1 saturated heterocycles. The second-order valence-electron chi connectivity index (χ2n) is 14.2. The number of pyridine rings is 1. The van der Waals surface area contributed by atoms with Crippen molar-refractivity contribution in [2.45, 2.75) is 24.4 Å². The minimum absolute atomic E-state index is 0.00439. The molecule has 3 N–H and O–H groups in total. The van der Waals surface area contributed by atoms with Crippen LogP contribution in [-0.4, -0.2) is 56.4 Å². The van der Waals surface area contributed by atoms with E-state index in [1.54, 1.807) is 24.5 Å². The summed E-state index contributed by atoms with van der Waals surface area (Å²) in [6.45, 7) is 3.75. The van der Waals surface area contributed by atoms with Gasteiger partial charge in [0, 0.05) is 44.7 Å². The van der Waals surface area contributed by atoms with E-state index in [1.165, 1.54) is 12.1 Å². The first-order valence-corrected chi connectivity index (χ1v) is 18.9. The van der Waals surface area contributed by atoms with Gasteiger partial charge in [-0.3, -0.25) is 14.8 Å². The molecule has 10 rings (SSSR count). The van der Waals surface area contributed by atoms with Crippen LogP contribution in [0.4, 0.5) is 8.78 Å². The highest BCUT2D eigenvalue weighted by Crippen LogP contribution is 2.53. The summed E-state index contributed by atoms with van der Waals surface area (Å²) >= 11 is 3.31. The van der Waals surface area contributed by atoms with Gasteiger partial charge in [-0.1, -0.05) is 45.8 Å². The molecular weight excluding hydrogens is 786 g/mol. The van der Waals surface area contributed by atoms with Gasteiger partial charge in [-0.2, -0.15) is 0 Å². The van der Waals surface area contributed by atoms with E-state index in [0.717, 1.165) is 45.4 Å². The number of nitrogens with zero attached hydrogens (tertiary/aromatic N) is 2. The van der Waals surface area contributed by atoms with E-state index in [0.29, 0.717) is 46.1 Å². The molecule has 0 saturated carbocycles. The normalized spacial score (nSPS) is 21.8. The van der Waals surface area contributed by atoms with Crippen LogP contribution in [0, 0.1) is 18.6 Å². The third-order valence-corrected chi connectivity index (χ3v) is 10.9. The highest BCUT2D eigenvalue weighted by atomic mass is 79.9. The Labute approximate surface area is 329 Å². The number of hydrogen-bond acceptors (Lipinski definition) is 9. The van der Waals surface area contributed by atoms with E-state index >= 15 is 4.39 Å². The monoisotopic (exact) mass is 820 g/mol. The lowest BCUT2D eigenvalue weighted by molar-refractivity contribution is -0.134. The van der Waals surface area contributed by atoms with Gasteiger partial charge in [-0.25, -0.2) is 8.78 Å². The van der Waals surface area contributed by atoms with E-state index in [-0.39, 0.29) is 43.8 Å². The molecule has 1 fully saturated rings. The Morgan fingerprint density at radius 1 is 0.786 bits per heavy atom. The van der Waals surface area contributed by atoms with Crippen LogP contribution in [-0.2, 0) is 30.1 Å². The van der Waals surface area contributed by atoms with E-state index in [9.17, 15) is 9.18 Å². The fraction of sp³-hybridized carbons (Fsp3) is 0.233. The maximum Gasteiger partial charge on any atom is 0.247 e. The lowest BCUT2D eigenvalue weighted by Gasteiger charge is -2.43. The smallest absolute Gasteiger partial charge is 0.247 e. The van der Waals surface area contributed by atoms with Crippen LogP contribution in [0.5, 0.6) is 23.0 Å². The molecular formula is C43H35BrF2N4O6. The Morgan fingerprint density at radius 3 is 2.32 bits per heavy atom. The summed E-state index contributed by atoms with van der Waals surface area (Å²) in [4.78, 5) is 21.1. The fourth-order valence-electron chi connectivity index (χ4n) is 7.95. The SMILES string of the molecule is Cc1ccc2c(c1)[C@@]1(COCC(=O)N1)c1cc(Br)cc(F)c1O2.NC1=N[C@@]2(COC1)c1cc(-c3cccnc3)ccc1Oc1c(F)cc(C3=CCCOC3)cc12. The molecule has 0 aliphatic carbocycles. The van der Waals surface area contributed by atoms with Crippen molar-refractivity contribution in [3.8, 4) is 34.1 Å².